The second-order valence-electron chi connectivity index (χ2n) is 4.05. The third-order valence-electron chi connectivity index (χ3n) is 2.62. The van der Waals surface area contributed by atoms with Gasteiger partial charge in [-0.3, -0.25) is 4.79 Å². The molecule has 0 aliphatic carbocycles. The second-order valence-corrected chi connectivity index (χ2v) is 5.20. The van der Waals surface area contributed by atoms with Crippen molar-refractivity contribution >= 4 is 23.4 Å². The molecule has 5 heteroatoms. The van der Waals surface area contributed by atoms with Crippen LogP contribution >= 0.6 is 11.8 Å². The van der Waals surface area contributed by atoms with E-state index >= 15 is 0 Å². The molecule has 1 unspecified atom stereocenters. The number of benzene rings is 1. The lowest BCUT2D eigenvalue weighted by Crippen LogP contribution is -2.46. The molecule has 0 saturated carbocycles. The molecule has 1 amide bonds. The zero-order chi connectivity index (χ0) is 12.3. The highest BCUT2D eigenvalue weighted by atomic mass is 32.2. The van der Waals surface area contributed by atoms with Crippen LogP contribution in [0.15, 0.2) is 18.2 Å². The Bertz CT molecular complexity index is 419. The largest absolute Gasteiger partial charge is 0.322 e. The quantitative estimate of drug-likeness (QED) is 0.845. The van der Waals surface area contributed by atoms with Gasteiger partial charge in [-0.2, -0.15) is 11.8 Å². The van der Waals surface area contributed by atoms with E-state index in [1.54, 1.807) is 23.9 Å². The average molecular weight is 254 g/mol. The number of halogens is 1. The molecule has 1 aliphatic heterocycles. The smallest absolute Gasteiger partial charge is 0.242 e. The summed E-state index contributed by atoms with van der Waals surface area (Å²) >= 11 is 1.73. The number of amides is 1. The SMILES string of the molecule is Cc1ccc(F)c(NC(=O)C2CSCCN2)c1. The first kappa shape index (κ1) is 12.4. The van der Waals surface area contributed by atoms with E-state index in [0.29, 0.717) is 0 Å². The molecule has 0 aromatic heterocycles. The maximum Gasteiger partial charge on any atom is 0.242 e. The summed E-state index contributed by atoms with van der Waals surface area (Å²) in [6, 6.07) is 4.46. The number of rotatable bonds is 2. The van der Waals surface area contributed by atoms with Gasteiger partial charge in [0, 0.05) is 18.1 Å². The van der Waals surface area contributed by atoms with Crippen LogP contribution in [-0.4, -0.2) is 30.0 Å². The normalized spacial score (nSPS) is 20.0. The molecule has 2 N–H and O–H groups in total. The number of anilines is 1. The molecule has 1 aliphatic rings. The van der Waals surface area contributed by atoms with Gasteiger partial charge in [0.05, 0.1) is 11.7 Å². The first-order valence-electron chi connectivity index (χ1n) is 5.55. The lowest BCUT2D eigenvalue weighted by Gasteiger charge is -2.22. The molecule has 92 valence electrons. The molecular formula is C12H15FN2OS. The van der Waals surface area contributed by atoms with Crippen molar-refractivity contribution in [3.8, 4) is 0 Å². The average Bonchev–Trinajstić information content (AvgIpc) is 2.35. The van der Waals surface area contributed by atoms with E-state index in [0.717, 1.165) is 23.6 Å². The molecule has 0 bridgehead atoms. The number of thioether (sulfide) groups is 1. The van der Waals surface area contributed by atoms with Gasteiger partial charge >= 0.3 is 0 Å². The molecule has 0 radical (unpaired) electrons. The third-order valence-corrected chi connectivity index (χ3v) is 3.68. The Labute approximate surface area is 104 Å². The first-order valence-corrected chi connectivity index (χ1v) is 6.70. The molecule has 1 atom stereocenters. The highest BCUT2D eigenvalue weighted by Gasteiger charge is 2.21. The molecule has 3 nitrogen and oxygen atoms in total. The van der Waals surface area contributed by atoms with Crippen molar-refractivity contribution in [2.75, 3.05) is 23.4 Å². The van der Waals surface area contributed by atoms with Crippen LogP contribution in [-0.2, 0) is 4.79 Å². The summed E-state index contributed by atoms with van der Waals surface area (Å²) in [6.45, 7) is 2.68. The van der Waals surface area contributed by atoms with Gasteiger partial charge in [0.1, 0.15) is 5.82 Å². The van der Waals surface area contributed by atoms with Crippen molar-refractivity contribution < 1.29 is 9.18 Å². The standard InChI is InChI=1S/C12H15FN2OS/c1-8-2-3-9(13)10(6-8)15-12(16)11-7-17-5-4-14-11/h2-3,6,11,14H,4-5,7H2,1H3,(H,15,16). The highest BCUT2D eigenvalue weighted by Crippen LogP contribution is 2.17. The van der Waals surface area contributed by atoms with E-state index in [2.05, 4.69) is 10.6 Å². The molecule has 1 aromatic carbocycles. The van der Waals surface area contributed by atoms with Crippen LogP contribution in [0.25, 0.3) is 0 Å². The third kappa shape index (κ3) is 3.20. The number of hydrogen-bond donors (Lipinski definition) is 2. The van der Waals surface area contributed by atoms with Gasteiger partial charge < -0.3 is 10.6 Å². The number of nitrogens with one attached hydrogen (secondary N) is 2. The fraction of sp³-hybridized carbons (Fsp3) is 0.417. The lowest BCUT2D eigenvalue weighted by atomic mass is 10.2. The Balaban J connectivity index is 2.04. The van der Waals surface area contributed by atoms with Crippen LogP contribution in [0.4, 0.5) is 10.1 Å². The summed E-state index contributed by atoms with van der Waals surface area (Å²) in [5.41, 5.74) is 1.18. The maximum atomic E-state index is 13.5. The summed E-state index contributed by atoms with van der Waals surface area (Å²) in [6.07, 6.45) is 0. The topological polar surface area (TPSA) is 41.1 Å². The van der Waals surface area contributed by atoms with Gasteiger partial charge in [0.15, 0.2) is 0 Å². The van der Waals surface area contributed by atoms with Crippen LogP contribution in [0.2, 0.25) is 0 Å². The van der Waals surface area contributed by atoms with Gasteiger partial charge in [-0.1, -0.05) is 6.07 Å². The number of hydrogen-bond acceptors (Lipinski definition) is 3. The molecule has 2 rings (SSSR count). The zero-order valence-electron chi connectivity index (χ0n) is 9.63. The monoisotopic (exact) mass is 254 g/mol. The Morgan fingerprint density at radius 3 is 3.12 bits per heavy atom. The minimum Gasteiger partial charge on any atom is -0.322 e. The molecule has 0 spiro atoms. The summed E-state index contributed by atoms with van der Waals surface area (Å²) in [5, 5.41) is 5.75. The predicted octanol–water partition coefficient (Wildman–Crippen LogP) is 1.78. The van der Waals surface area contributed by atoms with E-state index in [9.17, 15) is 9.18 Å². The maximum absolute atomic E-state index is 13.5. The Kier molecular flexibility index (Phi) is 4.02. The van der Waals surface area contributed by atoms with E-state index in [1.165, 1.54) is 6.07 Å². The van der Waals surface area contributed by atoms with Crippen molar-refractivity contribution in [3.63, 3.8) is 0 Å². The molecule has 1 aromatic rings. The Hall–Kier alpha value is -1.07. The molecule has 17 heavy (non-hydrogen) atoms. The number of carbonyl (C=O) groups is 1. The van der Waals surface area contributed by atoms with Gasteiger partial charge in [-0.25, -0.2) is 4.39 Å². The van der Waals surface area contributed by atoms with Crippen molar-refractivity contribution in [1.82, 2.24) is 5.32 Å². The van der Waals surface area contributed by atoms with Crippen LogP contribution < -0.4 is 10.6 Å². The highest BCUT2D eigenvalue weighted by molar-refractivity contribution is 7.99. The zero-order valence-corrected chi connectivity index (χ0v) is 10.4. The summed E-state index contributed by atoms with van der Waals surface area (Å²) in [4.78, 5) is 11.9. The van der Waals surface area contributed by atoms with Gasteiger partial charge in [-0.05, 0) is 24.6 Å². The number of carbonyl (C=O) groups excluding carboxylic acids is 1. The minimum atomic E-state index is -0.396. The van der Waals surface area contributed by atoms with Gasteiger partial charge in [-0.15, -0.1) is 0 Å². The number of aryl methyl sites for hydroxylation is 1. The fourth-order valence-electron chi connectivity index (χ4n) is 1.69. The predicted molar refractivity (Wildman–Crippen MR) is 68.9 cm³/mol. The molecular weight excluding hydrogens is 239 g/mol. The lowest BCUT2D eigenvalue weighted by molar-refractivity contribution is -0.117. The molecule has 1 fully saturated rings. The van der Waals surface area contributed by atoms with Crippen LogP contribution in [0, 0.1) is 12.7 Å². The summed E-state index contributed by atoms with van der Waals surface area (Å²) in [7, 11) is 0. The van der Waals surface area contributed by atoms with E-state index in [4.69, 9.17) is 0 Å². The Morgan fingerprint density at radius 1 is 1.59 bits per heavy atom. The molecule has 1 saturated heterocycles. The van der Waals surface area contributed by atoms with Crippen LogP contribution in [0.1, 0.15) is 5.56 Å². The second kappa shape index (κ2) is 5.51. The van der Waals surface area contributed by atoms with Crippen molar-refractivity contribution in [3.05, 3.63) is 29.6 Å². The van der Waals surface area contributed by atoms with E-state index in [1.807, 2.05) is 6.92 Å². The van der Waals surface area contributed by atoms with E-state index < -0.39 is 5.82 Å². The van der Waals surface area contributed by atoms with Crippen molar-refractivity contribution in [2.45, 2.75) is 13.0 Å². The summed E-state index contributed by atoms with van der Waals surface area (Å²) in [5.74, 6) is 1.19. The van der Waals surface area contributed by atoms with Gasteiger partial charge in [0.2, 0.25) is 5.91 Å². The van der Waals surface area contributed by atoms with Crippen molar-refractivity contribution in [2.24, 2.45) is 0 Å². The van der Waals surface area contributed by atoms with Gasteiger partial charge in [0.25, 0.3) is 0 Å². The van der Waals surface area contributed by atoms with Crippen molar-refractivity contribution in [1.29, 1.82) is 0 Å². The van der Waals surface area contributed by atoms with Crippen LogP contribution in [0.5, 0.6) is 0 Å². The van der Waals surface area contributed by atoms with Crippen LogP contribution in [0.3, 0.4) is 0 Å². The first-order chi connectivity index (χ1) is 8.16. The Morgan fingerprint density at radius 2 is 2.41 bits per heavy atom. The fourth-order valence-corrected chi connectivity index (χ4v) is 2.62. The molecule has 1 heterocycles. The minimum absolute atomic E-state index is 0.165. The summed E-state index contributed by atoms with van der Waals surface area (Å²) < 4.78 is 13.5. The van der Waals surface area contributed by atoms with E-state index in [-0.39, 0.29) is 17.6 Å².